The van der Waals surface area contributed by atoms with Crippen molar-refractivity contribution in [2.75, 3.05) is 13.1 Å². The van der Waals surface area contributed by atoms with E-state index in [1.807, 2.05) is 6.07 Å². The van der Waals surface area contributed by atoms with Gasteiger partial charge in [0.05, 0.1) is 13.1 Å². The van der Waals surface area contributed by atoms with E-state index in [4.69, 9.17) is 21.1 Å². The van der Waals surface area contributed by atoms with Crippen LogP contribution in [0.3, 0.4) is 0 Å². The number of alkyl carbamates (subject to hydrolysis) is 1. The van der Waals surface area contributed by atoms with Crippen molar-refractivity contribution in [2.45, 2.75) is 114 Å². The molecule has 5 amide bonds. The van der Waals surface area contributed by atoms with Crippen LogP contribution >= 0.6 is 11.6 Å². The van der Waals surface area contributed by atoms with Crippen LogP contribution in [-0.4, -0.2) is 96.7 Å². The minimum atomic E-state index is -5.00. The van der Waals surface area contributed by atoms with Crippen LogP contribution in [0.5, 0.6) is 0 Å². The van der Waals surface area contributed by atoms with E-state index in [0.29, 0.717) is 30.7 Å². The Kier molecular flexibility index (Phi) is 12.1. The molecule has 0 radical (unpaired) electrons. The maximum Gasteiger partial charge on any atom is 0.410 e. The molecule has 1 saturated heterocycles. The standard InChI is InChI=1S/C34H44ClF3N6O9S/c1-32(2,3)53-30(48)40-25-13-8-6-4-5-7-11-21-15-33(21,29(47)42-54(50,51)39-19-34(36,37)38)41-27(45)26-14-22(17-44(26)28(25)46)52-31(49)43-16-20-10-9-12-24(35)23(20)18-43/h7,9-12,21-22,25-26,39H,4-6,8,13-19H2,1-3H3,(H,40,48)(H,41,45)(H,42,47)/b11-7-/t21-,22-,25+,26?,33-/m1/s1. The molecule has 4 aliphatic rings. The van der Waals surface area contributed by atoms with Crippen LogP contribution in [0.15, 0.2) is 30.4 Å². The van der Waals surface area contributed by atoms with Crippen molar-refractivity contribution in [2.24, 2.45) is 5.92 Å². The number of carbonyl (C=O) groups is 5. The number of fused-ring (bicyclic) bond motifs is 3. The molecule has 1 aromatic carbocycles. The van der Waals surface area contributed by atoms with Crippen LogP contribution in [0, 0.1) is 5.92 Å². The largest absolute Gasteiger partial charge is 0.444 e. The van der Waals surface area contributed by atoms with Crippen molar-refractivity contribution in [3.8, 4) is 0 Å². The van der Waals surface area contributed by atoms with Gasteiger partial charge in [-0.2, -0.15) is 26.3 Å². The highest BCUT2D eigenvalue weighted by molar-refractivity contribution is 7.88. The number of allylic oxidation sites excluding steroid dienone is 1. The van der Waals surface area contributed by atoms with Gasteiger partial charge in [-0.1, -0.05) is 48.7 Å². The highest BCUT2D eigenvalue weighted by Crippen LogP contribution is 2.46. The molecule has 4 N–H and O–H groups in total. The third-order valence-electron chi connectivity index (χ3n) is 9.48. The van der Waals surface area contributed by atoms with Gasteiger partial charge in [-0.05, 0) is 63.6 Å². The van der Waals surface area contributed by atoms with Gasteiger partial charge in [0, 0.05) is 23.9 Å². The number of amides is 5. The van der Waals surface area contributed by atoms with Gasteiger partial charge in [0.15, 0.2) is 0 Å². The Morgan fingerprint density at radius 3 is 2.52 bits per heavy atom. The predicted octanol–water partition coefficient (Wildman–Crippen LogP) is 3.56. The summed E-state index contributed by atoms with van der Waals surface area (Å²) < 4.78 is 77.2. The second-order valence-electron chi connectivity index (χ2n) is 14.9. The zero-order valence-corrected chi connectivity index (χ0v) is 31.5. The maximum absolute atomic E-state index is 14.3. The Balaban J connectivity index is 1.40. The fourth-order valence-electron chi connectivity index (χ4n) is 6.77. The number of hydrogen-bond acceptors (Lipinski definition) is 9. The lowest BCUT2D eigenvalue weighted by Crippen LogP contribution is -2.59. The SMILES string of the molecule is CC(C)(C)OC(=O)N[C@H]1CCCCC/C=C\[C@@H]2C[C@@]2(C(=O)NS(=O)(=O)NCC(F)(F)F)NC(=O)C2C[C@@H](OC(=O)N3Cc4cccc(Cl)c4C3)CN2C1=O. The second kappa shape index (κ2) is 15.9. The molecule has 20 heteroatoms. The highest BCUT2D eigenvalue weighted by atomic mass is 35.5. The van der Waals surface area contributed by atoms with Gasteiger partial charge >= 0.3 is 28.6 Å². The first-order valence-electron chi connectivity index (χ1n) is 17.6. The van der Waals surface area contributed by atoms with E-state index in [2.05, 4.69) is 10.6 Å². The van der Waals surface area contributed by atoms with Gasteiger partial charge in [0.25, 0.3) is 5.91 Å². The molecular weight excluding hydrogens is 761 g/mol. The van der Waals surface area contributed by atoms with Crippen molar-refractivity contribution in [1.29, 1.82) is 0 Å². The third-order valence-corrected chi connectivity index (χ3v) is 10.8. The topological polar surface area (TPSA) is 193 Å². The Bertz CT molecular complexity index is 1790. The summed E-state index contributed by atoms with van der Waals surface area (Å²) in [5.41, 5.74) is -1.19. The van der Waals surface area contributed by atoms with E-state index >= 15 is 0 Å². The molecule has 5 rings (SSSR count). The number of rotatable bonds is 6. The summed E-state index contributed by atoms with van der Waals surface area (Å²) in [5, 5.41) is 5.66. The molecule has 54 heavy (non-hydrogen) atoms. The third kappa shape index (κ3) is 10.3. The fraction of sp³-hybridized carbons (Fsp3) is 0.618. The minimum Gasteiger partial charge on any atom is -0.444 e. The van der Waals surface area contributed by atoms with Crippen molar-refractivity contribution >= 4 is 51.7 Å². The molecule has 298 valence electrons. The summed E-state index contributed by atoms with van der Waals surface area (Å²) in [4.78, 5) is 70.7. The Hall–Kier alpha value is -4.10. The molecule has 1 saturated carbocycles. The van der Waals surface area contributed by atoms with Crippen LogP contribution < -0.4 is 20.1 Å². The van der Waals surface area contributed by atoms with Crippen molar-refractivity contribution in [3.63, 3.8) is 0 Å². The zero-order valence-electron chi connectivity index (χ0n) is 30.0. The summed E-state index contributed by atoms with van der Waals surface area (Å²) in [6.07, 6.45) is -1.97. The van der Waals surface area contributed by atoms with E-state index in [-0.39, 0.29) is 38.9 Å². The van der Waals surface area contributed by atoms with Crippen LogP contribution in [0.1, 0.15) is 76.8 Å². The van der Waals surface area contributed by atoms with E-state index in [1.54, 1.807) is 49.8 Å². The summed E-state index contributed by atoms with van der Waals surface area (Å²) in [6.45, 7) is 3.13. The van der Waals surface area contributed by atoms with E-state index in [9.17, 15) is 45.6 Å². The predicted molar refractivity (Wildman–Crippen MR) is 187 cm³/mol. The lowest BCUT2D eigenvalue weighted by molar-refractivity contribution is -0.141. The summed E-state index contributed by atoms with van der Waals surface area (Å²) in [5.74, 6) is -3.59. The number of ether oxygens (including phenoxy) is 2. The number of benzene rings is 1. The number of hydrogen-bond donors (Lipinski definition) is 4. The van der Waals surface area contributed by atoms with Gasteiger partial charge in [-0.3, -0.25) is 19.3 Å². The first-order valence-corrected chi connectivity index (χ1v) is 19.4. The lowest BCUT2D eigenvalue weighted by Gasteiger charge is -2.30. The van der Waals surface area contributed by atoms with E-state index in [1.165, 1.54) is 9.62 Å². The Labute approximate surface area is 315 Å². The van der Waals surface area contributed by atoms with Crippen molar-refractivity contribution < 1.29 is 55.0 Å². The quantitative estimate of drug-likeness (QED) is 0.312. The smallest absolute Gasteiger partial charge is 0.410 e. The molecule has 0 aromatic heterocycles. The monoisotopic (exact) mass is 804 g/mol. The van der Waals surface area contributed by atoms with Gasteiger partial charge in [-0.15, -0.1) is 0 Å². The molecule has 5 atom stereocenters. The summed E-state index contributed by atoms with van der Waals surface area (Å²) in [6, 6.07) is 2.75. The van der Waals surface area contributed by atoms with E-state index < -0.39 is 88.1 Å². The molecule has 3 heterocycles. The van der Waals surface area contributed by atoms with Gasteiger partial charge < -0.3 is 25.0 Å². The Morgan fingerprint density at radius 2 is 1.83 bits per heavy atom. The van der Waals surface area contributed by atoms with Gasteiger partial charge in [0.2, 0.25) is 11.8 Å². The summed E-state index contributed by atoms with van der Waals surface area (Å²) >= 11 is 6.32. The molecule has 2 fully saturated rings. The number of nitrogens with one attached hydrogen (secondary N) is 4. The molecule has 1 aromatic rings. The number of nitrogens with zero attached hydrogens (tertiary/aromatic N) is 2. The van der Waals surface area contributed by atoms with Crippen LogP contribution in [0.25, 0.3) is 0 Å². The lowest BCUT2D eigenvalue weighted by atomic mass is 10.0. The molecule has 1 aliphatic carbocycles. The average molecular weight is 805 g/mol. The van der Waals surface area contributed by atoms with Crippen LogP contribution in [0.4, 0.5) is 22.8 Å². The van der Waals surface area contributed by atoms with Gasteiger partial charge in [-0.25, -0.2) is 14.3 Å². The fourth-order valence-corrected chi connectivity index (χ4v) is 7.87. The summed E-state index contributed by atoms with van der Waals surface area (Å²) in [7, 11) is -5.00. The van der Waals surface area contributed by atoms with Crippen LogP contribution in [-0.2, 0) is 47.2 Å². The van der Waals surface area contributed by atoms with Crippen molar-refractivity contribution in [3.05, 3.63) is 46.5 Å². The molecule has 3 aliphatic heterocycles. The number of carbonyl (C=O) groups excluding carboxylic acids is 5. The molecule has 0 bridgehead atoms. The first-order chi connectivity index (χ1) is 25.2. The van der Waals surface area contributed by atoms with Gasteiger partial charge in [0.1, 0.15) is 35.9 Å². The molecule has 15 nitrogen and oxygen atoms in total. The normalized spacial score (nSPS) is 26.9. The maximum atomic E-state index is 14.3. The Morgan fingerprint density at radius 1 is 1.09 bits per heavy atom. The number of alkyl halides is 3. The number of halogens is 4. The molecular formula is C34H44ClF3N6O9S. The first kappa shape index (κ1) is 41.1. The molecule has 0 spiro atoms. The zero-order chi connectivity index (χ0) is 39.6. The minimum absolute atomic E-state index is 0.0875. The van der Waals surface area contributed by atoms with Crippen LogP contribution in [0.2, 0.25) is 5.02 Å². The van der Waals surface area contributed by atoms with Crippen molar-refractivity contribution in [1.82, 2.24) is 29.9 Å². The second-order valence-corrected chi connectivity index (χ2v) is 16.8. The molecule has 1 unspecified atom stereocenters. The average Bonchev–Trinajstić information content (AvgIpc) is 3.36. The van der Waals surface area contributed by atoms with E-state index in [0.717, 1.165) is 16.0 Å². The highest BCUT2D eigenvalue weighted by Gasteiger charge is 2.62.